The summed E-state index contributed by atoms with van der Waals surface area (Å²) >= 11 is -8.03. The van der Waals surface area contributed by atoms with Crippen molar-refractivity contribution < 1.29 is 85.1 Å². The second kappa shape index (κ2) is 12.6. The molecule has 0 saturated heterocycles. The Morgan fingerprint density at radius 3 is 0.556 bits per heavy atom. The Labute approximate surface area is 84.1 Å². The van der Waals surface area contributed by atoms with Crippen LogP contribution in [-0.4, -0.2) is 0 Å². The van der Waals surface area contributed by atoms with Crippen molar-refractivity contribution in [1.82, 2.24) is 0 Å². The van der Waals surface area contributed by atoms with Gasteiger partial charge in [0.05, 0.1) is 0 Å². The summed E-state index contributed by atoms with van der Waals surface area (Å²) in [5.74, 6) is 0. The van der Waals surface area contributed by atoms with Crippen LogP contribution in [0.1, 0.15) is 0 Å². The zero-order chi connectivity index (χ0) is 7.15. The van der Waals surface area contributed by atoms with E-state index >= 15 is 0 Å². The minimum atomic E-state index is -4.01. The van der Waals surface area contributed by atoms with Crippen molar-refractivity contribution in [3.05, 3.63) is 0 Å². The maximum atomic E-state index is 8.57. The summed E-state index contributed by atoms with van der Waals surface area (Å²) in [5, 5.41) is 0. The van der Waals surface area contributed by atoms with E-state index in [-0.39, 0.29) is 22.4 Å². The minimum absolute atomic E-state index is 0. The van der Waals surface area contributed by atoms with E-state index in [1.54, 1.807) is 0 Å². The topological polar surface area (TPSA) is 138 Å². The van der Waals surface area contributed by atoms with Crippen molar-refractivity contribution in [2.45, 2.75) is 0 Å². The Hall–Kier alpha value is 1.96. The van der Waals surface area contributed by atoms with Gasteiger partial charge in [0.2, 0.25) is 0 Å². The average Bonchev–Trinajstić information content (AvgIpc) is 1.25. The summed E-state index contributed by atoms with van der Waals surface area (Å²) < 4.78 is 51.4. The molecule has 0 aromatic heterocycles. The molecule has 0 saturated carbocycles. The smallest absolute Gasteiger partial charge is 0.427 e. The SMILES string of the molecule is [Ag+2].[O-][I+2]([O-])[O-].[O-][I+2]([O-])[O-]. The van der Waals surface area contributed by atoms with Gasteiger partial charge in [-0.05, 0) is 0 Å². The summed E-state index contributed by atoms with van der Waals surface area (Å²) in [6.45, 7) is 0. The van der Waals surface area contributed by atoms with Crippen molar-refractivity contribution in [1.29, 1.82) is 0 Å². The molecule has 0 aliphatic rings. The average molecular weight is 458 g/mol. The third kappa shape index (κ3) is 164. The van der Waals surface area contributed by atoms with E-state index in [1.165, 1.54) is 0 Å². The molecule has 0 aromatic carbocycles. The molecule has 0 unspecified atom stereocenters. The predicted octanol–water partition coefficient (Wildman–Crippen LogP) is -13.1. The van der Waals surface area contributed by atoms with Crippen LogP contribution in [-0.2, 0) is 22.4 Å². The quantitative estimate of drug-likeness (QED) is 0.261. The van der Waals surface area contributed by atoms with Crippen LogP contribution in [0.2, 0.25) is 0 Å². The summed E-state index contributed by atoms with van der Waals surface area (Å²) in [6.07, 6.45) is 0. The zero-order valence-electron chi connectivity index (χ0n) is 3.51. The second-order valence-corrected chi connectivity index (χ2v) is 2.54. The van der Waals surface area contributed by atoms with E-state index in [2.05, 4.69) is 0 Å². The second-order valence-electron chi connectivity index (χ2n) is 0.378. The Balaban J connectivity index is -0.0000000720. The first-order valence-electron chi connectivity index (χ1n) is 0.926. The van der Waals surface area contributed by atoms with Crippen LogP contribution in [0.3, 0.4) is 0 Å². The fraction of sp³-hybridized carbons (Fsp3) is 0. The van der Waals surface area contributed by atoms with Gasteiger partial charge in [-0.1, -0.05) is 0 Å². The van der Waals surface area contributed by atoms with Gasteiger partial charge in [-0.25, -0.2) is 0 Å². The summed E-state index contributed by atoms with van der Waals surface area (Å²) in [4.78, 5) is 0. The van der Waals surface area contributed by atoms with Crippen molar-refractivity contribution in [2.75, 3.05) is 0 Å². The molecule has 0 rings (SSSR count). The third-order valence-corrected chi connectivity index (χ3v) is 0. The molecule has 0 N–H and O–H groups in total. The molecule has 0 aliphatic heterocycles. The van der Waals surface area contributed by atoms with E-state index in [9.17, 15) is 0 Å². The third-order valence-electron chi connectivity index (χ3n) is 0. The number of halogens is 2. The monoisotopic (exact) mass is 457 g/mol. The Kier molecular flexibility index (Phi) is 24.1. The molecule has 0 heterocycles. The van der Waals surface area contributed by atoms with E-state index in [4.69, 9.17) is 20.6 Å². The van der Waals surface area contributed by atoms with E-state index in [0.717, 1.165) is 0 Å². The number of rotatable bonds is 0. The molecule has 0 amide bonds. The first-order chi connectivity index (χ1) is 3.46. The molecule has 9 heavy (non-hydrogen) atoms. The molecule has 0 bridgehead atoms. The molecule has 0 aliphatic carbocycles. The van der Waals surface area contributed by atoms with Crippen molar-refractivity contribution >= 4 is 0 Å². The Morgan fingerprint density at radius 1 is 0.556 bits per heavy atom. The maximum Gasteiger partial charge on any atom is 2.00 e. The molecular formula is AgI2O6. The molecule has 6 nitrogen and oxygen atoms in total. The van der Waals surface area contributed by atoms with E-state index < -0.39 is 42.1 Å². The van der Waals surface area contributed by atoms with Crippen LogP contribution in [0.4, 0.5) is 0 Å². The van der Waals surface area contributed by atoms with Gasteiger partial charge in [0, 0.05) is 0 Å². The standard InChI is InChI=1S/Ag.2IO3/c;2*2-1(3)4/q+2;2*-1. The molecule has 61 valence electrons. The minimum Gasteiger partial charge on any atom is -0.427 e. The molecule has 0 atom stereocenters. The van der Waals surface area contributed by atoms with Gasteiger partial charge >= 0.3 is 22.4 Å². The fourth-order valence-electron chi connectivity index (χ4n) is 0. The molecule has 1 radical (unpaired) electrons. The van der Waals surface area contributed by atoms with Crippen molar-refractivity contribution in [2.24, 2.45) is 0 Å². The van der Waals surface area contributed by atoms with E-state index in [0.29, 0.717) is 0 Å². The van der Waals surface area contributed by atoms with Gasteiger partial charge in [0.15, 0.2) is 0 Å². The zero-order valence-corrected chi connectivity index (χ0v) is 9.30. The van der Waals surface area contributed by atoms with Gasteiger partial charge in [-0.2, -0.15) is 0 Å². The molecule has 0 spiro atoms. The summed E-state index contributed by atoms with van der Waals surface area (Å²) in [6, 6.07) is 0. The summed E-state index contributed by atoms with van der Waals surface area (Å²) in [7, 11) is 0. The number of hydrogen-bond donors (Lipinski definition) is 0. The van der Waals surface area contributed by atoms with Gasteiger partial charge in [-0.3, -0.25) is 0 Å². The fourth-order valence-corrected chi connectivity index (χ4v) is 0. The molecule has 9 heteroatoms. The van der Waals surface area contributed by atoms with Crippen LogP contribution < -0.4 is 62.7 Å². The van der Waals surface area contributed by atoms with Crippen LogP contribution >= 0.6 is 0 Å². The molecule has 0 fully saturated rings. The normalized spacial score (nSPS) is 8.00. The van der Waals surface area contributed by atoms with Crippen molar-refractivity contribution in [3.63, 3.8) is 0 Å². The van der Waals surface area contributed by atoms with Gasteiger partial charge in [0.1, 0.15) is 0 Å². The van der Waals surface area contributed by atoms with E-state index in [1.807, 2.05) is 0 Å². The van der Waals surface area contributed by atoms with Gasteiger partial charge in [0.25, 0.3) is 42.1 Å². The van der Waals surface area contributed by atoms with Gasteiger partial charge in [-0.15, -0.1) is 0 Å². The van der Waals surface area contributed by atoms with Crippen LogP contribution in [0.5, 0.6) is 0 Å². The van der Waals surface area contributed by atoms with Crippen LogP contribution in [0, 0.1) is 0 Å². The first kappa shape index (κ1) is 17.2. The maximum absolute atomic E-state index is 8.57. The predicted molar refractivity (Wildman–Crippen MR) is 0 cm³/mol. The molecular weight excluding hydrogens is 458 g/mol. The first-order valence-corrected chi connectivity index (χ1v) is 6.21. The Bertz CT molecular complexity index is 26.5. The molecule has 0 aromatic rings. The largest absolute Gasteiger partial charge is 2.00 e. The van der Waals surface area contributed by atoms with Gasteiger partial charge < -0.3 is 20.6 Å². The Morgan fingerprint density at radius 2 is 0.556 bits per heavy atom. The van der Waals surface area contributed by atoms with Crippen LogP contribution in [0.25, 0.3) is 0 Å². The van der Waals surface area contributed by atoms with Crippen molar-refractivity contribution in [3.8, 4) is 0 Å². The van der Waals surface area contributed by atoms with Crippen LogP contribution in [0.15, 0.2) is 0 Å². The summed E-state index contributed by atoms with van der Waals surface area (Å²) in [5.41, 5.74) is 0. The number of hydrogen-bond acceptors (Lipinski definition) is 6.